The molecule has 5 heteroatoms. The lowest BCUT2D eigenvalue weighted by Gasteiger charge is -2.07. The molecule has 1 nitrogen and oxygen atoms in total. The van der Waals surface area contributed by atoms with E-state index in [1.54, 1.807) is 36.4 Å². The smallest absolute Gasteiger partial charge is 0.168 e. The van der Waals surface area contributed by atoms with Crippen molar-refractivity contribution in [3.8, 4) is 0 Å². The fourth-order valence-electron chi connectivity index (χ4n) is 1.65. The highest BCUT2D eigenvalue weighted by Crippen LogP contribution is 2.28. The van der Waals surface area contributed by atoms with Crippen LogP contribution in [0.1, 0.15) is 15.9 Å². The molecular formula is C14H8Cl4O. The van der Waals surface area contributed by atoms with Gasteiger partial charge in [0.1, 0.15) is 0 Å². The van der Waals surface area contributed by atoms with Gasteiger partial charge in [-0.1, -0.05) is 58.5 Å². The summed E-state index contributed by atoms with van der Waals surface area (Å²) < 4.78 is 0. The minimum absolute atomic E-state index is 0.142. The molecule has 0 spiro atoms. The van der Waals surface area contributed by atoms with Crippen molar-refractivity contribution in [2.24, 2.45) is 0 Å². The summed E-state index contributed by atoms with van der Waals surface area (Å²) in [6.07, 6.45) is 0.149. The summed E-state index contributed by atoms with van der Waals surface area (Å²) in [5, 5.41) is 1.61. The van der Waals surface area contributed by atoms with Gasteiger partial charge in [-0.15, -0.1) is 0 Å². The summed E-state index contributed by atoms with van der Waals surface area (Å²) in [4.78, 5) is 12.2. The first kappa shape index (κ1) is 14.7. The molecular weight excluding hydrogens is 326 g/mol. The van der Waals surface area contributed by atoms with Crippen LogP contribution in [-0.2, 0) is 6.42 Å². The van der Waals surface area contributed by atoms with Crippen molar-refractivity contribution in [3.05, 3.63) is 67.6 Å². The molecule has 0 aliphatic rings. The minimum atomic E-state index is -0.142. The lowest BCUT2D eigenvalue weighted by atomic mass is 10.0. The highest BCUT2D eigenvalue weighted by molar-refractivity contribution is 6.44. The van der Waals surface area contributed by atoms with Crippen LogP contribution in [0.3, 0.4) is 0 Å². The van der Waals surface area contributed by atoms with Crippen molar-refractivity contribution < 1.29 is 4.79 Å². The zero-order chi connectivity index (χ0) is 14.0. The van der Waals surface area contributed by atoms with Crippen molar-refractivity contribution in [1.29, 1.82) is 0 Å². The number of carbonyl (C=O) groups is 1. The number of rotatable bonds is 3. The van der Waals surface area contributed by atoms with Crippen LogP contribution in [0.15, 0.2) is 36.4 Å². The second kappa shape index (κ2) is 6.15. The molecule has 2 rings (SSSR count). The molecule has 0 atom stereocenters. The second-order valence-electron chi connectivity index (χ2n) is 3.94. The number of hydrogen-bond acceptors (Lipinski definition) is 1. The summed E-state index contributed by atoms with van der Waals surface area (Å²) in [5.74, 6) is -0.142. The van der Waals surface area contributed by atoms with E-state index in [4.69, 9.17) is 46.4 Å². The number of benzene rings is 2. The van der Waals surface area contributed by atoms with Crippen LogP contribution in [0, 0.1) is 0 Å². The first-order chi connectivity index (χ1) is 8.99. The van der Waals surface area contributed by atoms with Gasteiger partial charge in [0.15, 0.2) is 5.78 Å². The molecule has 0 heterocycles. The van der Waals surface area contributed by atoms with Gasteiger partial charge in [0, 0.05) is 22.0 Å². The highest BCUT2D eigenvalue weighted by Gasteiger charge is 2.14. The van der Waals surface area contributed by atoms with Crippen LogP contribution in [0.4, 0.5) is 0 Å². The van der Waals surface area contributed by atoms with Crippen LogP contribution in [-0.4, -0.2) is 5.78 Å². The predicted molar refractivity (Wildman–Crippen MR) is 81.0 cm³/mol. The Morgan fingerprint density at radius 3 is 2.37 bits per heavy atom. The Labute approximate surface area is 131 Å². The molecule has 2 aromatic rings. The van der Waals surface area contributed by atoms with E-state index in [0.717, 1.165) is 0 Å². The maximum absolute atomic E-state index is 12.2. The van der Waals surface area contributed by atoms with Gasteiger partial charge in [0.2, 0.25) is 0 Å². The molecule has 0 radical (unpaired) electrons. The van der Waals surface area contributed by atoms with E-state index < -0.39 is 0 Å². The zero-order valence-corrected chi connectivity index (χ0v) is 12.6. The van der Waals surface area contributed by atoms with Gasteiger partial charge < -0.3 is 0 Å². The molecule has 19 heavy (non-hydrogen) atoms. The normalized spacial score (nSPS) is 10.5. The van der Waals surface area contributed by atoms with Crippen LogP contribution in [0.5, 0.6) is 0 Å². The number of hydrogen-bond donors (Lipinski definition) is 0. The molecule has 0 fully saturated rings. The standard InChI is InChI=1S/C14H8Cl4O/c15-9-5-4-8(12(17)7-9)6-13(19)10-2-1-3-11(16)14(10)18/h1-5,7H,6H2. The Morgan fingerprint density at radius 2 is 1.68 bits per heavy atom. The van der Waals surface area contributed by atoms with Gasteiger partial charge in [0.05, 0.1) is 10.0 Å². The van der Waals surface area contributed by atoms with Gasteiger partial charge in [-0.2, -0.15) is 0 Å². The van der Waals surface area contributed by atoms with Crippen molar-refractivity contribution >= 4 is 52.2 Å². The predicted octanol–water partition coefficient (Wildman–Crippen LogP) is 5.73. The van der Waals surface area contributed by atoms with Gasteiger partial charge >= 0.3 is 0 Å². The Hall–Kier alpha value is -0.730. The first-order valence-corrected chi connectivity index (χ1v) is 6.91. The third kappa shape index (κ3) is 3.43. The van der Waals surface area contributed by atoms with Gasteiger partial charge in [-0.25, -0.2) is 0 Å². The highest BCUT2D eigenvalue weighted by atomic mass is 35.5. The number of carbonyl (C=O) groups excluding carboxylic acids is 1. The zero-order valence-electron chi connectivity index (χ0n) is 9.59. The quantitative estimate of drug-likeness (QED) is 0.656. The fourth-order valence-corrected chi connectivity index (χ4v) is 2.53. The minimum Gasteiger partial charge on any atom is -0.294 e. The third-order valence-corrected chi connectivity index (χ3v) is 4.02. The maximum Gasteiger partial charge on any atom is 0.168 e. The SMILES string of the molecule is O=C(Cc1ccc(Cl)cc1Cl)c1cccc(Cl)c1Cl. The summed E-state index contributed by atoms with van der Waals surface area (Å²) in [6.45, 7) is 0. The molecule has 0 amide bonds. The lowest BCUT2D eigenvalue weighted by molar-refractivity contribution is 0.0993. The Kier molecular flexibility index (Phi) is 4.75. The molecule has 0 saturated carbocycles. The second-order valence-corrected chi connectivity index (χ2v) is 5.57. The fraction of sp³-hybridized carbons (Fsp3) is 0.0714. The number of halogens is 4. The van der Waals surface area contributed by atoms with E-state index in [0.29, 0.717) is 26.2 Å². The monoisotopic (exact) mass is 332 g/mol. The molecule has 0 saturated heterocycles. The number of ketones is 1. The molecule has 0 unspecified atom stereocenters. The van der Waals surface area contributed by atoms with E-state index >= 15 is 0 Å². The van der Waals surface area contributed by atoms with Gasteiger partial charge in [-0.3, -0.25) is 4.79 Å². The maximum atomic E-state index is 12.2. The third-order valence-electron chi connectivity index (χ3n) is 2.62. The van der Waals surface area contributed by atoms with E-state index in [-0.39, 0.29) is 17.2 Å². The lowest BCUT2D eigenvalue weighted by Crippen LogP contribution is -2.05. The van der Waals surface area contributed by atoms with E-state index in [2.05, 4.69) is 0 Å². The molecule has 0 aliphatic carbocycles. The summed E-state index contributed by atoms with van der Waals surface area (Å²) in [5.41, 5.74) is 1.09. The van der Waals surface area contributed by atoms with Crippen LogP contribution < -0.4 is 0 Å². The van der Waals surface area contributed by atoms with Crippen molar-refractivity contribution in [3.63, 3.8) is 0 Å². The van der Waals surface area contributed by atoms with Crippen LogP contribution in [0.2, 0.25) is 20.1 Å². The Balaban J connectivity index is 2.28. The van der Waals surface area contributed by atoms with Gasteiger partial charge in [0.25, 0.3) is 0 Å². The first-order valence-electron chi connectivity index (χ1n) is 5.40. The molecule has 98 valence electrons. The average molecular weight is 334 g/mol. The number of Topliss-reactive ketones (excluding diaryl/α,β-unsaturated/α-hetero) is 1. The van der Waals surface area contributed by atoms with Crippen LogP contribution >= 0.6 is 46.4 Å². The largest absolute Gasteiger partial charge is 0.294 e. The van der Waals surface area contributed by atoms with E-state index in [9.17, 15) is 4.79 Å². The molecule has 2 aromatic carbocycles. The van der Waals surface area contributed by atoms with E-state index in [1.165, 1.54) is 0 Å². The Morgan fingerprint density at radius 1 is 0.947 bits per heavy atom. The van der Waals surface area contributed by atoms with Crippen molar-refractivity contribution in [2.45, 2.75) is 6.42 Å². The molecule has 0 N–H and O–H groups in total. The molecule has 0 aliphatic heterocycles. The summed E-state index contributed by atoms with van der Waals surface area (Å²) in [7, 11) is 0. The van der Waals surface area contributed by atoms with Crippen molar-refractivity contribution in [2.75, 3.05) is 0 Å². The summed E-state index contributed by atoms with van der Waals surface area (Å²) >= 11 is 23.7. The van der Waals surface area contributed by atoms with Crippen molar-refractivity contribution in [1.82, 2.24) is 0 Å². The van der Waals surface area contributed by atoms with Crippen LogP contribution in [0.25, 0.3) is 0 Å². The molecule has 0 bridgehead atoms. The molecule has 0 aromatic heterocycles. The Bertz CT molecular complexity index is 637. The summed E-state index contributed by atoms with van der Waals surface area (Å²) in [6, 6.07) is 9.98. The van der Waals surface area contributed by atoms with Gasteiger partial charge in [-0.05, 0) is 29.8 Å². The van der Waals surface area contributed by atoms with E-state index in [1.807, 2.05) is 0 Å². The average Bonchev–Trinajstić information content (AvgIpc) is 2.36. The topological polar surface area (TPSA) is 17.1 Å².